The van der Waals surface area contributed by atoms with Gasteiger partial charge in [0, 0.05) is 20.3 Å². The van der Waals surface area contributed by atoms with Crippen molar-refractivity contribution in [2.75, 3.05) is 19.0 Å². The van der Waals surface area contributed by atoms with Gasteiger partial charge in [-0.05, 0) is 23.7 Å². The van der Waals surface area contributed by atoms with Gasteiger partial charge in [0.15, 0.2) is 0 Å². The van der Waals surface area contributed by atoms with Crippen molar-refractivity contribution in [3.63, 3.8) is 0 Å². The fourth-order valence-corrected chi connectivity index (χ4v) is 1.23. The van der Waals surface area contributed by atoms with E-state index in [-0.39, 0.29) is 11.3 Å². The van der Waals surface area contributed by atoms with Crippen LogP contribution in [0.15, 0.2) is 24.5 Å². The molecule has 2 aromatic rings. The van der Waals surface area contributed by atoms with Gasteiger partial charge in [-0.25, -0.2) is 0 Å². The Morgan fingerprint density at radius 1 is 1.24 bits per heavy atom. The summed E-state index contributed by atoms with van der Waals surface area (Å²) in [6, 6.07) is 3.65. The van der Waals surface area contributed by atoms with E-state index < -0.39 is 0 Å². The lowest BCUT2D eigenvalue weighted by atomic mass is 10.5. The van der Waals surface area contributed by atoms with Crippen LogP contribution in [0, 0.1) is 0 Å². The Morgan fingerprint density at radius 3 is 2.71 bits per heavy atom. The zero-order valence-corrected chi connectivity index (χ0v) is 10.1. The predicted octanol–water partition coefficient (Wildman–Crippen LogP) is 1.78. The van der Waals surface area contributed by atoms with Crippen LogP contribution >= 0.6 is 11.6 Å². The lowest BCUT2D eigenvalue weighted by Gasteiger charge is -2.10. The second-order valence-electron chi connectivity index (χ2n) is 3.37. The molecule has 6 nitrogen and oxygen atoms in total. The predicted molar refractivity (Wildman–Crippen MR) is 63.5 cm³/mol. The molecule has 0 bridgehead atoms. The molecule has 0 radical (unpaired) electrons. The molecule has 0 unspecified atom stereocenters. The first-order valence-corrected chi connectivity index (χ1v) is 5.20. The van der Waals surface area contributed by atoms with Crippen molar-refractivity contribution < 1.29 is 4.74 Å². The first-order chi connectivity index (χ1) is 8.15. The van der Waals surface area contributed by atoms with E-state index in [0.29, 0.717) is 11.7 Å². The summed E-state index contributed by atoms with van der Waals surface area (Å²) in [5.41, 5.74) is 0. The molecule has 2 rings (SSSR count). The number of pyridine rings is 1. The van der Waals surface area contributed by atoms with Gasteiger partial charge >= 0.3 is 6.01 Å². The topological polar surface area (TPSA) is 64.0 Å². The zero-order valence-electron chi connectivity index (χ0n) is 9.33. The third kappa shape index (κ3) is 3.01. The van der Waals surface area contributed by atoms with Crippen molar-refractivity contribution in [1.82, 2.24) is 19.9 Å². The molecular formula is C10H10ClN5O. The smallest absolute Gasteiger partial charge is 0.328 e. The molecule has 88 valence electrons. The number of ether oxygens (including phenoxy) is 1. The summed E-state index contributed by atoms with van der Waals surface area (Å²) in [5, 5.41) is 0.0857. The van der Waals surface area contributed by atoms with E-state index in [9.17, 15) is 0 Å². The Hall–Kier alpha value is -1.95. The van der Waals surface area contributed by atoms with Gasteiger partial charge in [0.25, 0.3) is 0 Å². The summed E-state index contributed by atoms with van der Waals surface area (Å²) >= 11 is 5.78. The fourth-order valence-electron chi connectivity index (χ4n) is 1.08. The molecule has 0 amide bonds. The molecule has 0 saturated carbocycles. The molecule has 7 heteroatoms. The van der Waals surface area contributed by atoms with Crippen molar-refractivity contribution in [2.24, 2.45) is 0 Å². The summed E-state index contributed by atoms with van der Waals surface area (Å²) in [5.74, 6) is 0.975. The molecule has 0 aliphatic carbocycles. The molecule has 0 aromatic carbocycles. The average molecular weight is 252 g/mol. The van der Waals surface area contributed by atoms with Gasteiger partial charge in [0.05, 0.1) is 6.20 Å². The number of hydrogen-bond acceptors (Lipinski definition) is 6. The van der Waals surface area contributed by atoms with Gasteiger partial charge in [-0.1, -0.05) is 0 Å². The summed E-state index contributed by atoms with van der Waals surface area (Å²) in [7, 11) is 3.61. The standard InChI is InChI=1S/C10H10ClN5O/c1-16(2)9-13-8(11)14-10(15-9)17-7-4-3-5-12-6-7/h3-6H,1-2H3. The minimum absolute atomic E-state index is 0.0857. The number of nitrogens with zero attached hydrogens (tertiary/aromatic N) is 5. The van der Waals surface area contributed by atoms with E-state index in [2.05, 4.69) is 19.9 Å². The molecule has 0 N–H and O–H groups in total. The molecule has 0 spiro atoms. The van der Waals surface area contributed by atoms with Crippen LogP contribution in [-0.2, 0) is 0 Å². The van der Waals surface area contributed by atoms with Crippen LogP contribution in [0.4, 0.5) is 5.95 Å². The maximum absolute atomic E-state index is 5.78. The van der Waals surface area contributed by atoms with Gasteiger partial charge in [-0.15, -0.1) is 0 Å². The number of halogens is 1. The normalized spacial score (nSPS) is 10.1. The van der Waals surface area contributed by atoms with Gasteiger partial charge in [0.1, 0.15) is 5.75 Å². The highest BCUT2D eigenvalue weighted by Gasteiger charge is 2.08. The molecule has 17 heavy (non-hydrogen) atoms. The molecule has 2 aromatic heterocycles. The molecular weight excluding hydrogens is 242 g/mol. The highest BCUT2D eigenvalue weighted by atomic mass is 35.5. The van der Waals surface area contributed by atoms with E-state index >= 15 is 0 Å². The van der Waals surface area contributed by atoms with Gasteiger partial charge in [-0.3, -0.25) is 4.98 Å². The molecule has 0 aliphatic heterocycles. The average Bonchev–Trinajstić information content (AvgIpc) is 2.29. The zero-order chi connectivity index (χ0) is 12.3. The molecule has 0 saturated heterocycles. The minimum atomic E-state index is 0.0857. The molecule has 2 heterocycles. The SMILES string of the molecule is CN(C)c1nc(Cl)nc(Oc2cccnc2)n1. The minimum Gasteiger partial charge on any atom is -0.422 e. The van der Waals surface area contributed by atoms with E-state index in [1.54, 1.807) is 43.5 Å². The number of rotatable bonds is 3. The van der Waals surface area contributed by atoms with Gasteiger partial charge in [-0.2, -0.15) is 15.0 Å². The van der Waals surface area contributed by atoms with Crippen LogP contribution in [0.5, 0.6) is 11.8 Å². The van der Waals surface area contributed by atoms with E-state index in [4.69, 9.17) is 16.3 Å². The van der Waals surface area contributed by atoms with Crippen LogP contribution < -0.4 is 9.64 Å². The summed E-state index contributed by atoms with van der Waals surface area (Å²) in [4.78, 5) is 17.6. The van der Waals surface area contributed by atoms with Crippen molar-refractivity contribution in [3.8, 4) is 11.8 Å². The first kappa shape index (κ1) is 11.5. The third-order valence-corrected chi connectivity index (χ3v) is 1.99. The number of hydrogen-bond donors (Lipinski definition) is 0. The highest BCUT2D eigenvalue weighted by molar-refractivity contribution is 6.28. The summed E-state index contributed by atoms with van der Waals surface area (Å²) in [6.07, 6.45) is 3.21. The van der Waals surface area contributed by atoms with Gasteiger partial charge in [0.2, 0.25) is 11.2 Å². The number of anilines is 1. The van der Waals surface area contributed by atoms with E-state index in [1.165, 1.54) is 0 Å². The Kier molecular flexibility index (Phi) is 3.34. The van der Waals surface area contributed by atoms with E-state index in [0.717, 1.165) is 0 Å². The van der Waals surface area contributed by atoms with Crippen molar-refractivity contribution in [1.29, 1.82) is 0 Å². The first-order valence-electron chi connectivity index (χ1n) is 4.82. The lowest BCUT2D eigenvalue weighted by molar-refractivity contribution is 0.438. The van der Waals surface area contributed by atoms with Crippen molar-refractivity contribution >= 4 is 17.5 Å². The van der Waals surface area contributed by atoms with Crippen LogP contribution in [0.25, 0.3) is 0 Å². The van der Waals surface area contributed by atoms with Crippen LogP contribution in [0.2, 0.25) is 5.28 Å². The van der Waals surface area contributed by atoms with Crippen LogP contribution in [-0.4, -0.2) is 34.0 Å². The molecule has 0 fully saturated rings. The Morgan fingerprint density at radius 2 is 2.06 bits per heavy atom. The molecule has 0 atom stereocenters. The highest BCUT2D eigenvalue weighted by Crippen LogP contribution is 2.19. The van der Waals surface area contributed by atoms with Crippen LogP contribution in [0.3, 0.4) is 0 Å². The summed E-state index contributed by atoms with van der Waals surface area (Å²) < 4.78 is 5.41. The Bertz CT molecular complexity index is 505. The maximum Gasteiger partial charge on any atom is 0.328 e. The third-order valence-electron chi connectivity index (χ3n) is 1.82. The Labute approximate surface area is 103 Å². The van der Waals surface area contributed by atoms with E-state index in [1.807, 2.05) is 0 Å². The lowest BCUT2D eigenvalue weighted by Crippen LogP contribution is -2.13. The largest absolute Gasteiger partial charge is 0.422 e. The monoisotopic (exact) mass is 251 g/mol. The number of aromatic nitrogens is 4. The Balaban J connectivity index is 2.27. The van der Waals surface area contributed by atoms with Crippen molar-refractivity contribution in [3.05, 3.63) is 29.8 Å². The second kappa shape index (κ2) is 4.92. The maximum atomic E-state index is 5.78. The second-order valence-corrected chi connectivity index (χ2v) is 3.71. The van der Waals surface area contributed by atoms with Crippen LogP contribution in [0.1, 0.15) is 0 Å². The fraction of sp³-hybridized carbons (Fsp3) is 0.200. The summed E-state index contributed by atoms with van der Waals surface area (Å²) in [6.45, 7) is 0. The molecule has 0 aliphatic rings. The quantitative estimate of drug-likeness (QED) is 0.829. The van der Waals surface area contributed by atoms with Crippen molar-refractivity contribution in [2.45, 2.75) is 0 Å². The van der Waals surface area contributed by atoms with Gasteiger partial charge < -0.3 is 9.64 Å².